The monoisotopic (exact) mass is 400 g/mol. The van der Waals surface area contributed by atoms with E-state index in [1.165, 1.54) is 22.8 Å². The van der Waals surface area contributed by atoms with Crippen LogP contribution in [0.5, 0.6) is 0 Å². The van der Waals surface area contributed by atoms with Crippen LogP contribution in [0.1, 0.15) is 54.9 Å². The fourth-order valence-electron chi connectivity index (χ4n) is 4.13. The van der Waals surface area contributed by atoms with Crippen molar-refractivity contribution >= 4 is 23.1 Å². The van der Waals surface area contributed by atoms with E-state index in [9.17, 15) is 9.18 Å². The van der Waals surface area contributed by atoms with Crippen LogP contribution in [0.4, 0.5) is 4.39 Å². The Hall–Kier alpha value is -2.13. The summed E-state index contributed by atoms with van der Waals surface area (Å²) in [7, 11) is 0. The highest BCUT2D eigenvalue weighted by molar-refractivity contribution is 6.30. The molecule has 1 aliphatic rings. The standard InChI is InChI=1S/C24H26ClFO2/c1-15-3-10-22(17-4-8-20(25)9-5-17)21(15)11-6-19-13-16(2)18(14-23(19)26)7-12-24(27)28/h4-5,8-9,13-15H,3,6-7,10-12H2,1-2H3,(H,27,28). The van der Waals surface area contributed by atoms with Crippen LogP contribution in [-0.2, 0) is 17.6 Å². The van der Waals surface area contributed by atoms with Crippen LogP contribution in [-0.4, -0.2) is 11.1 Å². The molecule has 1 atom stereocenters. The van der Waals surface area contributed by atoms with Crippen LogP contribution < -0.4 is 0 Å². The molecule has 0 radical (unpaired) electrons. The van der Waals surface area contributed by atoms with Crippen LogP contribution >= 0.6 is 11.6 Å². The summed E-state index contributed by atoms with van der Waals surface area (Å²) in [6, 6.07) is 11.4. The number of hydrogen-bond donors (Lipinski definition) is 1. The van der Waals surface area contributed by atoms with Crippen LogP contribution in [0.2, 0.25) is 5.02 Å². The van der Waals surface area contributed by atoms with Gasteiger partial charge in [0.15, 0.2) is 0 Å². The number of carbonyl (C=O) groups is 1. The van der Waals surface area contributed by atoms with Crippen molar-refractivity contribution in [1.82, 2.24) is 0 Å². The first-order valence-electron chi connectivity index (χ1n) is 9.82. The number of allylic oxidation sites excluding steroid dienone is 2. The average molecular weight is 401 g/mol. The second-order valence-corrected chi connectivity index (χ2v) is 8.15. The fraction of sp³-hybridized carbons (Fsp3) is 0.375. The summed E-state index contributed by atoms with van der Waals surface area (Å²) in [6.45, 7) is 4.17. The topological polar surface area (TPSA) is 37.3 Å². The van der Waals surface area contributed by atoms with E-state index in [-0.39, 0.29) is 12.2 Å². The molecule has 2 aromatic rings. The first-order chi connectivity index (χ1) is 13.3. The van der Waals surface area contributed by atoms with E-state index in [4.69, 9.17) is 16.7 Å². The number of benzene rings is 2. The second-order valence-electron chi connectivity index (χ2n) is 7.71. The lowest BCUT2D eigenvalue weighted by molar-refractivity contribution is -0.136. The van der Waals surface area contributed by atoms with Crippen molar-refractivity contribution in [1.29, 1.82) is 0 Å². The van der Waals surface area contributed by atoms with Gasteiger partial charge in [0.05, 0.1) is 0 Å². The largest absolute Gasteiger partial charge is 0.481 e. The van der Waals surface area contributed by atoms with Crippen molar-refractivity contribution in [2.24, 2.45) is 5.92 Å². The van der Waals surface area contributed by atoms with Gasteiger partial charge < -0.3 is 5.11 Å². The Balaban J connectivity index is 1.78. The van der Waals surface area contributed by atoms with E-state index in [1.807, 2.05) is 25.1 Å². The van der Waals surface area contributed by atoms with Gasteiger partial charge >= 0.3 is 5.97 Å². The second kappa shape index (κ2) is 8.91. The molecule has 1 aliphatic carbocycles. The number of rotatable bonds is 7. The van der Waals surface area contributed by atoms with Gasteiger partial charge in [0.25, 0.3) is 0 Å². The molecular formula is C24H26ClFO2. The summed E-state index contributed by atoms with van der Waals surface area (Å²) in [5, 5.41) is 9.58. The Morgan fingerprint density at radius 1 is 1.14 bits per heavy atom. The molecule has 0 aliphatic heterocycles. The summed E-state index contributed by atoms with van der Waals surface area (Å²) in [4.78, 5) is 10.8. The lowest BCUT2D eigenvalue weighted by atomic mass is 9.92. The van der Waals surface area contributed by atoms with Gasteiger partial charge in [-0.2, -0.15) is 0 Å². The smallest absolute Gasteiger partial charge is 0.303 e. The summed E-state index contributed by atoms with van der Waals surface area (Å²) >= 11 is 6.02. The molecule has 2 nitrogen and oxygen atoms in total. The predicted octanol–water partition coefficient (Wildman–Crippen LogP) is 6.62. The summed E-state index contributed by atoms with van der Waals surface area (Å²) in [5.74, 6) is -0.587. The molecule has 0 amide bonds. The molecule has 1 unspecified atom stereocenters. The number of halogens is 2. The molecule has 0 spiro atoms. The molecule has 1 N–H and O–H groups in total. The van der Waals surface area contributed by atoms with Gasteiger partial charge in [-0.25, -0.2) is 4.39 Å². The number of carboxylic acid groups (broad SMARTS) is 1. The molecule has 0 saturated carbocycles. The van der Waals surface area contributed by atoms with Gasteiger partial charge in [-0.05, 0) is 91.0 Å². The maximum atomic E-state index is 14.6. The zero-order valence-electron chi connectivity index (χ0n) is 16.4. The summed E-state index contributed by atoms with van der Waals surface area (Å²) in [6.07, 6.45) is 4.05. The van der Waals surface area contributed by atoms with Gasteiger partial charge in [0.1, 0.15) is 5.82 Å². The predicted molar refractivity (Wildman–Crippen MR) is 112 cm³/mol. The van der Waals surface area contributed by atoms with Gasteiger partial charge in [-0.1, -0.05) is 42.3 Å². The number of hydrogen-bond acceptors (Lipinski definition) is 1. The molecule has 0 aromatic heterocycles. The molecule has 0 fully saturated rings. The van der Waals surface area contributed by atoms with Gasteiger partial charge in [0.2, 0.25) is 0 Å². The maximum Gasteiger partial charge on any atom is 0.303 e. The SMILES string of the molecule is Cc1cc(CCC2=C(c3ccc(Cl)cc3)CCC2C)c(F)cc1CCC(=O)O. The molecule has 3 rings (SSSR count). The minimum absolute atomic E-state index is 0.0223. The highest BCUT2D eigenvalue weighted by Gasteiger charge is 2.23. The Bertz CT molecular complexity index is 900. The van der Waals surface area contributed by atoms with Crippen molar-refractivity contribution in [3.8, 4) is 0 Å². The molecule has 148 valence electrons. The summed E-state index contributed by atoms with van der Waals surface area (Å²) in [5.41, 5.74) is 6.44. The first-order valence-corrected chi connectivity index (χ1v) is 10.2. The van der Waals surface area contributed by atoms with Crippen molar-refractivity contribution < 1.29 is 14.3 Å². The van der Waals surface area contributed by atoms with Crippen molar-refractivity contribution in [2.75, 3.05) is 0 Å². The van der Waals surface area contributed by atoms with E-state index in [0.29, 0.717) is 24.3 Å². The first kappa shape index (κ1) is 20.6. The van der Waals surface area contributed by atoms with Crippen LogP contribution in [0.15, 0.2) is 42.0 Å². The van der Waals surface area contributed by atoms with E-state index in [0.717, 1.165) is 35.4 Å². The van der Waals surface area contributed by atoms with Crippen LogP contribution in [0, 0.1) is 18.7 Å². The molecular weight excluding hydrogens is 375 g/mol. The number of aryl methyl sites for hydroxylation is 3. The summed E-state index contributed by atoms with van der Waals surface area (Å²) < 4.78 is 14.6. The third-order valence-electron chi connectivity index (χ3n) is 5.78. The van der Waals surface area contributed by atoms with E-state index in [2.05, 4.69) is 19.1 Å². The van der Waals surface area contributed by atoms with Crippen LogP contribution in [0.3, 0.4) is 0 Å². The number of carboxylic acids is 1. The molecule has 0 heterocycles. The van der Waals surface area contributed by atoms with Gasteiger partial charge in [-0.15, -0.1) is 0 Å². The lowest BCUT2D eigenvalue weighted by Crippen LogP contribution is -2.03. The molecule has 4 heteroatoms. The van der Waals surface area contributed by atoms with Crippen LogP contribution in [0.25, 0.3) is 5.57 Å². The lowest BCUT2D eigenvalue weighted by Gasteiger charge is -2.14. The van der Waals surface area contributed by atoms with Gasteiger partial charge in [0, 0.05) is 11.4 Å². The van der Waals surface area contributed by atoms with Crippen molar-refractivity contribution in [3.63, 3.8) is 0 Å². The minimum Gasteiger partial charge on any atom is -0.481 e. The third-order valence-corrected chi connectivity index (χ3v) is 6.03. The normalized spacial score (nSPS) is 16.6. The Morgan fingerprint density at radius 3 is 2.54 bits per heavy atom. The molecule has 0 bridgehead atoms. The Morgan fingerprint density at radius 2 is 1.86 bits per heavy atom. The number of aliphatic carboxylic acids is 1. The quantitative estimate of drug-likeness (QED) is 0.566. The molecule has 0 saturated heterocycles. The average Bonchev–Trinajstić information content (AvgIpc) is 3.02. The zero-order chi connectivity index (χ0) is 20.3. The fourth-order valence-corrected chi connectivity index (χ4v) is 4.25. The highest BCUT2D eigenvalue weighted by atomic mass is 35.5. The van der Waals surface area contributed by atoms with E-state index < -0.39 is 5.97 Å². The minimum atomic E-state index is -0.860. The maximum absolute atomic E-state index is 14.6. The highest BCUT2D eigenvalue weighted by Crippen LogP contribution is 2.40. The van der Waals surface area contributed by atoms with Crippen molar-refractivity contribution in [3.05, 3.63) is 75.1 Å². The molecule has 28 heavy (non-hydrogen) atoms. The van der Waals surface area contributed by atoms with Crippen molar-refractivity contribution in [2.45, 2.75) is 52.4 Å². The van der Waals surface area contributed by atoms with Gasteiger partial charge in [-0.3, -0.25) is 4.79 Å². The molecule has 2 aromatic carbocycles. The van der Waals surface area contributed by atoms with E-state index in [1.54, 1.807) is 0 Å². The Kier molecular flexibility index (Phi) is 6.56. The zero-order valence-corrected chi connectivity index (χ0v) is 17.2. The Labute approximate surface area is 171 Å². The third kappa shape index (κ3) is 4.82. The van der Waals surface area contributed by atoms with E-state index >= 15 is 0 Å².